The summed E-state index contributed by atoms with van der Waals surface area (Å²) in [6, 6.07) is 8.85. The van der Waals surface area contributed by atoms with E-state index in [0.717, 1.165) is 0 Å². The van der Waals surface area contributed by atoms with Crippen LogP contribution in [0.2, 0.25) is 5.02 Å². The molecule has 0 spiro atoms. The van der Waals surface area contributed by atoms with Gasteiger partial charge in [-0.3, -0.25) is 14.5 Å². The molecule has 0 fully saturated rings. The molecule has 112 valence electrons. The Hall–Kier alpha value is -2.73. The molecular weight excluding hydrogens is 308 g/mol. The van der Waals surface area contributed by atoms with E-state index in [9.17, 15) is 14.7 Å². The van der Waals surface area contributed by atoms with Crippen molar-refractivity contribution in [1.82, 2.24) is 0 Å². The average molecular weight is 319 g/mol. The van der Waals surface area contributed by atoms with Gasteiger partial charge in [0.2, 0.25) is 5.91 Å². The molecule has 7 heteroatoms. The molecule has 3 rings (SSSR count). The molecule has 0 atom stereocenters. The topological polar surface area (TPSA) is 92.9 Å². The lowest BCUT2D eigenvalue weighted by Crippen LogP contribution is -2.35. The third-order valence-corrected chi connectivity index (χ3v) is 3.50. The van der Waals surface area contributed by atoms with Crippen molar-refractivity contribution in [3.63, 3.8) is 0 Å². The highest BCUT2D eigenvalue weighted by molar-refractivity contribution is 6.31. The molecule has 1 aliphatic rings. The van der Waals surface area contributed by atoms with Crippen molar-refractivity contribution in [3.8, 4) is 11.5 Å². The van der Waals surface area contributed by atoms with E-state index in [-0.39, 0.29) is 23.6 Å². The minimum Gasteiger partial charge on any atom is -0.506 e. The van der Waals surface area contributed by atoms with Crippen molar-refractivity contribution in [3.05, 3.63) is 47.0 Å². The highest BCUT2D eigenvalue weighted by Crippen LogP contribution is 2.42. The predicted molar refractivity (Wildman–Crippen MR) is 80.7 cm³/mol. The predicted octanol–water partition coefficient (Wildman–Crippen LogP) is 2.20. The number of phenolic OH excluding ortho intramolecular Hbond substituents is 1. The normalized spacial score (nSPS) is 13.5. The summed E-state index contributed by atoms with van der Waals surface area (Å²) in [4.78, 5) is 24.8. The second-order valence-electron chi connectivity index (χ2n) is 4.70. The lowest BCUT2D eigenvalue weighted by Gasteiger charge is -2.30. The van der Waals surface area contributed by atoms with Crippen molar-refractivity contribution >= 4 is 34.8 Å². The summed E-state index contributed by atoms with van der Waals surface area (Å²) in [6.07, 6.45) is 0. The molecule has 0 aromatic heterocycles. The van der Waals surface area contributed by atoms with Crippen LogP contribution in [-0.2, 0) is 4.79 Å². The van der Waals surface area contributed by atoms with Gasteiger partial charge in [-0.2, -0.15) is 0 Å². The summed E-state index contributed by atoms with van der Waals surface area (Å²) < 4.78 is 5.33. The molecule has 3 N–H and O–H groups in total. The minimum absolute atomic E-state index is 0.116. The summed E-state index contributed by atoms with van der Waals surface area (Å²) in [7, 11) is 0. The number of amides is 2. The Bertz CT molecular complexity index is 791. The van der Waals surface area contributed by atoms with Crippen LogP contribution in [0.25, 0.3) is 0 Å². The number of aromatic hydroxyl groups is 1. The molecule has 1 heterocycles. The molecular formula is C15H11ClN2O4. The first kappa shape index (κ1) is 14.2. The van der Waals surface area contributed by atoms with Crippen LogP contribution in [0.4, 0.5) is 11.4 Å². The van der Waals surface area contributed by atoms with E-state index in [4.69, 9.17) is 22.1 Å². The first-order valence-corrected chi connectivity index (χ1v) is 6.73. The number of rotatable bonds is 2. The highest BCUT2D eigenvalue weighted by Gasteiger charge is 2.29. The zero-order chi connectivity index (χ0) is 15.9. The number of fused-ring (bicyclic) bond motifs is 1. The van der Waals surface area contributed by atoms with Crippen molar-refractivity contribution in [2.24, 2.45) is 5.73 Å². The maximum Gasteiger partial charge on any atom is 0.269 e. The number of nitrogens with zero attached hydrogens (tertiary/aromatic N) is 1. The smallest absolute Gasteiger partial charge is 0.269 e. The van der Waals surface area contributed by atoms with Gasteiger partial charge in [0, 0.05) is 10.6 Å². The number of benzene rings is 2. The van der Waals surface area contributed by atoms with Gasteiger partial charge in [-0.05, 0) is 36.4 Å². The molecule has 0 saturated heterocycles. The van der Waals surface area contributed by atoms with Crippen LogP contribution in [0.5, 0.6) is 11.5 Å². The zero-order valence-electron chi connectivity index (χ0n) is 11.2. The number of hydrogen-bond acceptors (Lipinski definition) is 4. The molecule has 0 saturated carbocycles. The molecule has 0 bridgehead atoms. The first-order valence-electron chi connectivity index (χ1n) is 6.35. The number of hydrogen-bond donors (Lipinski definition) is 2. The van der Waals surface area contributed by atoms with E-state index in [1.54, 1.807) is 6.07 Å². The van der Waals surface area contributed by atoms with Crippen molar-refractivity contribution < 1.29 is 19.4 Å². The van der Waals surface area contributed by atoms with Gasteiger partial charge in [0.25, 0.3) is 5.91 Å². The maximum atomic E-state index is 12.2. The summed E-state index contributed by atoms with van der Waals surface area (Å²) in [6.45, 7) is -0.186. The monoisotopic (exact) mass is 318 g/mol. The van der Waals surface area contributed by atoms with Gasteiger partial charge < -0.3 is 15.6 Å². The van der Waals surface area contributed by atoms with E-state index in [1.807, 2.05) is 0 Å². The van der Waals surface area contributed by atoms with Crippen molar-refractivity contribution in [2.75, 3.05) is 11.5 Å². The van der Waals surface area contributed by atoms with E-state index in [1.165, 1.54) is 35.2 Å². The standard InChI is InChI=1S/C15H11ClN2O4/c16-9-2-3-12(19)10(6-9)18-11-5-8(15(17)21)1-4-13(11)22-7-14(18)20/h1-6,19H,7H2,(H2,17,21). The molecule has 2 aromatic carbocycles. The highest BCUT2D eigenvalue weighted by atomic mass is 35.5. The SMILES string of the molecule is NC(=O)c1ccc2c(c1)N(c1cc(Cl)ccc1O)C(=O)CO2. The number of halogens is 1. The van der Waals surface area contributed by atoms with Gasteiger partial charge in [0.1, 0.15) is 11.5 Å². The number of nitrogens with two attached hydrogens (primary N) is 1. The van der Waals surface area contributed by atoms with Crippen LogP contribution in [-0.4, -0.2) is 23.5 Å². The van der Waals surface area contributed by atoms with Crippen LogP contribution in [0.15, 0.2) is 36.4 Å². The molecule has 0 radical (unpaired) electrons. The molecule has 1 aliphatic heterocycles. The maximum absolute atomic E-state index is 12.2. The van der Waals surface area contributed by atoms with Crippen molar-refractivity contribution in [2.45, 2.75) is 0 Å². The number of phenols is 1. The second kappa shape index (κ2) is 5.23. The quantitative estimate of drug-likeness (QED) is 0.887. The molecule has 22 heavy (non-hydrogen) atoms. The van der Waals surface area contributed by atoms with Crippen LogP contribution >= 0.6 is 11.6 Å². The third-order valence-electron chi connectivity index (χ3n) is 3.26. The van der Waals surface area contributed by atoms with Gasteiger partial charge in [-0.25, -0.2) is 0 Å². The fourth-order valence-electron chi connectivity index (χ4n) is 2.25. The number of primary amides is 1. The number of carbonyl (C=O) groups is 2. The van der Waals surface area contributed by atoms with Gasteiger partial charge in [-0.15, -0.1) is 0 Å². The molecule has 2 amide bonds. The van der Waals surface area contributed by atoms with Crippen molar-refractivity contribution in [1.29, 1.82) is 0 Å². The summed E-state index contributed by atoms with van der Waals surface area (Å²) in [5.41, 5.74) is 6.03. The Labute approximate surface area is 130 Å². The third kappa shape index (κ3) is 2.33. The van der Waals surface area contributed by atoms with Crippen LogP contribution < -0.4 is 15.4 Å². The van der Waals surface area contributed by atoms with E-state index < -0.39 is 11.8 Å². The van der Waals surface area contributed by atoms with Crippen LogP contribution in [0, 0.1) is 0 Å². The largest absolute Gasteiger partial charge is 0.506 e. The van der Waals surface area contributed by atoms with Crippen LogP contribution in [0.3, 0.4) is 0 Å². The number of carbonyl (C=O) groups excluding carboxylic acids is 2. The number of ether oxygens (including phenoxy) is 1. The molecule has 0 aliphatic carbocycles. The Morgan fingerprint density at radius 2 is 2.00 bits per heavy atom. The molecule has 2 aromatic rings. The first-order chi connectivity index (χ1) is 10.5. The second-order valence-corrected chi connectivity index (χ2v) is 5.13. The Balaban J connectivity index is 2.20. The van der Waals surface area contributed by atoms with Gasteiger partial charge >= 0.3 is 0 Å². The molecule has 6 nitrogen and oxygen atoms in total. The summed E-state index contributed by atoms with van der Waals surface area (Å²) >= 11 is 5.94. The van der Waals surface area contributed by atoms with Gasteiger partial charge in [0.15, 0.2) is 6.61 Å². The lowest BCUT2D eigenvalue weighted by molar-refractivity contribution is -0.120. The van der Waals surface area contributed by atoms with Gasteiger partial charge in [-0.1, -0.05) is 11.6 Å². The fourth-order valence-corrected chi connectivity index (χ4v) is 2.41. The van der Waals surface area contributed by atoms with Gasteiger partial charge in [0.05, 0.1) is 11.4 Å². The minimum atomic E-state index is -0.629. The summed E-state index contributed by atoms with van der Waals surface area (Å²) in [5, 5.41) is 10.4. The van der Waals surface area contributed by atoms with E-state index in [2.05, 4.69) is 0 Å². The summed E-state index contributed by atoms with van der Waals surface area (Å²) in [5.74, 6) is -0.734. The van der Waals surface area contributed by atoms with Crippen LogP contribution in [0.1, 0.15) is 10.4 Å². The Kier molecular flexibility index (Phi) is 3.38. The Morgan fingerprint density at radius 3 is 2.73 bits per heavy atom. The lowest BCUT2D eigenvalue weighted by atomic mass is 10.1. The Morgan fingerprint density at radius 1 is 1.23 bits per heavy atom. The average Bonchev–Trinajstić information content (AvgIpc) is 2.49. The van der Waals surface area contributed by atoms with E-state index in [0.29, 0.717) is 16.5 Å². The zero-order valence-corrected chi connectivity index (χ0v) is 12.0. The molecule has 0 unspecified atom stereocenters. The fraction of sp³-hybridized carbons (Fsp3) is 0.0667. The van der Waals surface area contributed by atoms with E-state index >= 15 is 0 Å². The number of anilines is 2.